The molecule has 0 saturated carbocycles. The largest absolute Gasteiger partial charge is 0.343 e. The first kappa shape index (κ1) is 15.9. The fourth-order valence-electron chi connectivity index (χ4n) is 2.15. The molecule has 0 fully saturated rings. The predicted molar refractivity (Wildman–Crippen MR) is 85.8 cm³/mol. The lowest BCUT2D eigenvalue weighted by atomic mass is 10.0. The highest BCUT2D eigenvalue weighted by molar-refractivity contribution is 7.99. The summed E-state index contributed by atoms with van der Waals surface area (Å²) < 4.78 is 1.63. The van der Waals surface area contributed by atoms with Crippen molar-refractivity contribution in [1.82, 2.24) is 14.8 Å². The molecule has 1 aromatic carbocycles. The number of nitrogens with two attached hydrogens (primary N) is 1. The van der Waals surface area contributed by atoms with E-state index >= 15 is 0 Å². The van der Waals surface area contributed by atoms with Gasteiger partial charge in [-0.15, -0.1) is 5.10 Å². The van der Waals surface area contributed by atoms with E-state index in [1.54, 1.807) is 4.57 Å². The molecular formula is C15H22N4OS. The Hall–Kier alpha value is -1.53. The molecule has 0 radical (unpaired) electrons. The average Bonchev–Trinajstić information content (AvgIpc) is 2.81. The molecule has 0 bridgehead atoms. The fourth-order valence-corrected chi connectivity index (χ4v) is 3.15. The zero-order chi connectivity index (χ0) is 15.4. The number of H-pyrrole nitrogens is 1. The van der Waals surface area contributed by atoms with E-state index in [9.17, 15) is 4.79 Å². The molecule has 0 aliphatic heterocycles. The van der Waals surface area contributed by atoms with E-state index in [1.807, 2.05) is 6.92 Å². The fraction of sp³-hybridized carbons (Fsp3) is 0.467. The first-order valence-electron chi connectivity index (χ1n) is 7.23. The third-order valence-electron chi connectivity index (χ3n) is 3.57. The minimum Gasteiger partial charge on any atom is -0.327 e. The monoisotopic (exact) mass is 306 g/mol. The van der Waals surface area contributed by atoms with Crippen molar-refractivity contribution in [1.29, 1.82) is 0 Å². The van der Waals surface area contributed by atoms with Gasteiger partial charge in [-0.05, 0) is 61.7 Å². The Bertz CT molecular complexity index is 662. The number of nitrogens with one attached hydrogen (secondary N) is 1. The molecule has 1 aromatic heterocycles. The Morgan fingerprint density at radius 3 is 2.81 bits per heavy atom. The van der Waals surface area contributed by atoms with Crippen LogP contribution in [-0.2, 0) is 13.0 Å². The second kappa shape index (κ2) is 6.95. The van der Waals surface area contributed by atoms with Crippen LogP contribution in [0.3, 0.4) is 0 Å². The first-order valence-corrected chi connectivity index (χ1v) is 8.05. The van der Waals surface area contributed by atoms with Crippen molar-refractivity contribution in [3.63, 3.8) is 0 Å². The Labute approximate surface area is 128 Å². The van der Waals surface area contributed by atoms with Crippen LogP contribution in [0, 0.1) is 6.92 Å². The van der Waals surface area contributed by atoms with Gasteiger partial charge in [-0.25, -0.2) is 9.89 Å². The lowest BCUT2D eigenvalue weighted by molar-refractivity contribution is 0.644. The van der Waals surface area contributed by atoms with Crippen molar-refractivity contribution >= 4 is 11.8 Å². The molecule has 2 rings (SSSR count). The van der Waals surface area contributed by atoms with Crippen LogP contribution in [0.15, 0.2) is 33.0 Å². The van der Waals surface area contributed by atoms with Gasteiger partial charge in [-0.2, -0.15) is 0 Å². The Morgan fingerprint density at radius 2 is 2.19 bits per heavy atom. The first-order chi connectivity index (χ1) is 10.0. The van der Waals surface area contributed by atoms with Gasteiger partial charge in [0.1, 0.15) is 0 Å². The number of hydrogen-bond acceptors (Lipinski definition) is 4. The van der Waals surface area contributed by atoms with E-state index in [4.69, 9.17) is 5.73 Å². The molecule has 0 amide bonds. The smallest absolute Gasteiger partial charge is 0.327 e. The Morgan fingerprint density at radius 1 is 1.43 bits per heavy atom. The van der Waals surface area contributed by atoms with Crippen molar-refractivity contribution in [2.75, 3.05) is 0 Å². The zero-order valence-corrected chi connectivity index (χ0v) is 13.5. The van der Waals surface area contributed by atoms with E-state index in [0.29, 0.717) is 11.7 Å². The molecule has 0 aliphatic carbocycles. The van der Waals surface area contributed by atoms with E-state index in [0.717, 1.165) is 17.7 Å². The van der Waals surface area contributed by atoms with Crippen LogP contribution in [0.1, 0.15) is 31.4 Å². The minimum absolute atomic E-state index is 0.165. The molecular weight excluding hydrogens is 284 g/mol. The highest BCUT2D eigenvalue weighted by Gasteiger charge is 2.10. The second-order valence-corrected chi connectivity index (χ2v) is 6.16. The lowest BCUT2D eigenvalue weighted by Gasteiger charge is -2.12. The number of nitrogens with zero attached hydrogens (tertiary/aromatic N) is 2. The van der Waals surface area contributed by atoms with Gasteiger partial charge in [-0.3, -0.25) is 4.57 Å². The molecule has 0 saturated heterocycles. The van der Waals surface area contributed by atoms with Gasteiger partial charge in [0.15, 0.2) is 5.16 Å². The van der Waals surface area contributed by atoms with Crippen molar-refractivity contribution in [3.8, 4) is 0 Å². The van der Waals surface area contributed by atoms with Gasteiger partial charge in [0.05, 0.1) is 0 Å². The molecule has 2 aromatic rings. The number of benzene rings is 1. The molecule has 1 heterocycles. The van der Waals surface area contributed by atoms with E-state index in [1.165, 1.54) is 22.9 Å². The third kappa shape index (κ3) is 3.77. The minimum atomic E-state index is -0.165. The van der Waals surface area contributed by atoms with Crippen molar-refractivity contribution in [2.24, 2.45) is 5.73 Å². The van der Waals surface area contributed by atoms with Gasteiger partial charge >= 0.3 is 5.69 Å². The lowest BCUT2D eigenvalue weighted by Crippen LogP contribution is -2.21. The Kier molecular flexibility index (Phi) is 5.25. The summed E-state index contributed by atoms with van der Waals surface area (Å²) in [4.78, 5) is 12.6. The molecule has 1 unspecified atom stereocenters. The van der Waals surface area contributed by atoms with E-state index < -0.39 is 0 Å². The van der Waals surface area contributed by atoms with Crippen LogP contribution in [0.5, 0.6) is 0 Å². The molecule has 0 aliphatic rings. The number of aromatic amines is 1. The summed E-state index contributed by atoms with van der Waals surface area (Å²) in [5.41, 5.74) is 8.36. The molecule has 0 spiro atoms. The van der Waals surface area contributed by atoms with Gasteiger partial charge in [0, 0.05) is 17.5 Å². The topological polar surface area (TPSA) is 76.7 Å². The van der Waals surface area contributed by atoms with E-state index in [2.05, 4.69) is 42.2 Å². The summed E-state index contributed by atoms with van der Waals surface area (Å²) in [5.74, 6) is 0. The SMILES string of the molecule is CCC(N)Cc1ccc(Sc2n[nH]c(=O)n2CC)cc1C. The van der Waals surface area contributed by atoms with Crippen LogP contribution in [0.25, 0.3) is 0 Å². The predicted octanol–water partition coefficient (Wildman–Crippen LogP) is 2.33. The van der Waals surface area contributed by atoms with Crippen LogP contribution in [0.2, 0.25) is 0 Å². The van der Waals surface area contributed by atoms with Crippen LogP contribution < -0.4 is 11.4 Å². The van der Waals surface area contributed by atoms with Gasteiger partial charge in [0.25, 0.3) is 0 Å². The summed E-state index contributed by atoms with van der Waals surface area (Å²) in [6, 6.07) is 6.52. The number of hydrogen-bond donors (Lipinski definition) is 2. The standard InChI is InChI=1S/C15H22N4OS/c1-4-12(16)9-11-6-7-13(8-10(11)3)21-15-18-17-14(20)19(15)5-2/h6-8,12H,4-5,9,16H2,1-3H3,(H,17,20). The van der Waals surface area contributed by atoms with Gasteiger partial charge < -0.3 is 5.73 Å². The third-order valence-corrected chi connectivity index (χ3v) is 4.55. The molecule has 6 heteroatoms. The van der Waals surface area contributed by atoms with E-state index in [-0.39, 0.29) is 11.7 Å². The summed E-state index contributed by atoms with van der Waals surface area (Å²) in [7, 11) is 0. The maximum atomic E-state index is 11.6. The number of aromatic nitrogens is 3. The molecule has 21 heavy (non-hydrogen) atoms. The molecule has 5 nitrogen and oxygen atoms in total. The molecule has 3 N–H and O–H groups in total. The molecule has 1 atom stereocenters. The number of rotatable bonds is 6. The van der Waals surface area contributed by atoms with Gasteiger partial charge in [-0.1, -0.05) is 13.0 Å². The highest BCUT2D eigenvalue weighted by Crippen LogP contribution is 2.27. The number of aryl methyl sites for hydroxylation is 1. The highest BCUT2D eigenvalue weighted by atomic mass is 32.2. The summed E-state index contributed by atoms with van der Waals surface area (Å²) in [6.45, 7) is 6.74. The van der Waals surface area contributed by atoms with Crippen LogP contribution in [0.4, 0.5) is 0 Å². The van der Waals surface area contributed by atoms with Crippen molar-refractivity contribution in [3.05, 3.63) is 39.8 Å². The van der Waals surface area contributed by atoms with Crippen LogP contribution >= 0.6 is 11.8 Å². The maximum Gasteiger partial charge on any atom is 0.343 e. The summed E-state index contributed by atoms with van der Waals surface area (Å²) >= 11 is 1.50. The van der Waals surface area contributed by atoms with Crippen molar-refractivity contribution < 1.29 is 0 Å². The van der Waals surface area contributed by atoms with Crippen molar-refractivity contribution in [2.45, 2.75) is 56.3 Å². The average molecular weight is 306 g/mol. The summed E-state index contributed by atoms with van der Waals surface area (Å²) in [5, 5.41) is 7.25. The Balaban J connectivity index is 2.18. The summed E-state index contributed by atoms with van der Waals surface area (Å²) in [6.07, 6.45) is 1.88. The quantitative estimate of drug-likeness (QED) is 0.859. The van der Waals surface area contributed by atoms with Gasteiger partial charge in [0.2, 0.25) is 0 Å². The maximum absolute atomic E-state index is 11.6. The second-order valence-electron chi connectivity index (χ2n) is 5.12. The molecule has 114 valence electrons. The zero-order valence-electron chi connectivity index (χ0n) is 12.7. The van der Waals surface area contributed by atoms with Crippen LogP contribution in [-0.4, -0.2) is 20.8 Å². The normalized spacial score (nSPS) is 12.6.